The molecule has 0 atom stereocenters. The minimum absolute atomic E-state index is 0.0521. The summed E-state index contributed by atoms with van der Waals surface area (Å²) >= 11 is 0. The van der Waals surface area contributed by atoms with Gasteiger partial charge < -0.3 is 9.64 Å². The van der Waals surface area contributed by atoms with Crippen molar-refractivity contribution >= 4 is 28.6 Å². The number of fused-ring (bicyclic) bond motifs is 2. The van der Waals surface area contributed by atoms with Crippen molar-refractivity contribution in [1.29, 1.82) is 0 Å². The largest absolute Gasteiger partial charge is 0.483 e. The molecule has 0 radical (unpaired) electrons. The van der Waals surface area contributed by atoms with Crippen LogP contribution >= 0.6 is 0 Å². The lowest BCUT2D eigenvalue weighted by atomic mass is 10.0. The van der Waals surface area contributed by atoms with Crippen molar-refractivity contribution in [2.75, 3.05) is 36.5 Å². The van der Waals surface area contributed by atoms with Crippen molar-refractivity contribution in [1.82, 2.24) is 9.97 Å². The number of aromatic nitrogens is 2. The van der Waals surface area contributed by atoms with Crippen LogP contribution in [0.4, 0.5) is 11.6 Å². The van der Waals surface area contributed by atoms with E-state index in [0.717, 1.165) is 28.8 Å². The number of para-hydroxylation sites is 3. The van der Waals surface area contributed by atoms with Crippen LogP contribution < -0.4 is 14.5 Å². The van der Waals surface area contributed by atoms with E-state index in [1.54, 1.807) is 4.90 Å². The van der Waals surface area contributed by atoms with Crippen molar-refractivity contribution in [2.45, 2.75) is 6.42 Å². The molecule has 5 rings (SSSR count). The summed E-state index contributed by atoms with van der Waals surface area (Å²) in [4.78, 5) is 26.4. The molecule has 0 saturated heterocycles. The maximum Gasteiger partial charge on any atom is 0.266 e. The van der Waals surface area contributed by atoms with E-state index in [1.807, 2.05) is 78.7 Å². The number of rotatable bonds is 5. The second kappa shape index (κ2) is 8.67. The van der Waals surface area contributed by atoms with Gasteiger partial charge in [-0.25, -0.2) is 9.97 Å². The molecule has 0 fully saturated rings. The summed E-state index contributed by atoms with van der Waals surface area (Å²) in [6.07, 6.45) is 0.750. The van der Waals surface area contributed by atoms with Gasteiger partial charge in [-0.05, 0) is 29.3 Å². The van der Waals surface area contributed by atoms with E-state index >= 15 is 0 Å². The molecule has 160 valence electrons. The van der Waals surface area contributed by atoms with E-state index in [1.165, 1.54) is 5.56 Å². The van der Waals surface area contributed by atoms with Gasteiger partial charge in [-0.1, -0.05) is 60.7 Å². The molecule has 0 saturated carbocycles. The third-order valence-electron chi connectivity index (χ3n) is 5.67. The van der Waals surface area contributed by atoms with Gasteiger partial charge in [0.05, 0.1) is 11.0 Å². The number of carbonyl (C=O) groups excluding carboxylic acids is 1. The average molecular weight is 425 g/mol. The van der Waals surface area contributed by atoms with E-state index in [0.29, 0.717) is 24.7 Å². The van der Waals surface area contributed by atoms with Crippen LogP contribution in [0.2, 0.25) is 0 Å². The predicted molar refractivity (Wildman–Crippen MR) is 126 cm³/mol. The minimum atomic E-state index is -0.126. The first-order valence-electron chi connectivity index (χ1n) is 10.7. The van der Waals surface area contributed by atoms with Gasteiger partial charge in [0, 0.05) is 26.6 Å². The number of ether oxygens (including phenoxy) is 1. The first-order chi connectivity index (χ1) is 15.7. The lowest BCUT2D eigenvalue weighted by Gasteiger charge is -2.33. The molecule has 1 aromatic heterocycles. The second-order valence-electron chi connectivity index (χ2n) is 7.89. The van der Waals surface area contributed by atoms with Crippen molar-refractivity contribution in [3.05, 3.63) is 90.0 Å². The van der Waals surface area contributed by atoms with Crippen molar-refractivity contribution in [3.63, 3.8) is 0 Å². The minimum Gasteiger partial charge on any atom is -0.483 e. The molecule has 0 aliphatic carbocycles. The number of anilines is 2. The van der Waals surface area contributed by atoms with E-state index < -0.39 is 0 Å². The van der Waals surface area contributed by atoms with E-state index in [4.69, 9.17) is 14.7 Å². The molecule has 6 nitrogen and oxygen atoms in total. The molecule has 6 heteroatoms. The SMILES string of the molecule is CN1CCN(C(=O)COc2ccccc2Cc2ccccc2)c2nc3ccccc3nc21. The smallest absolute Gasteiger partial charge is 0.266 e. The van der Waals surface area contributed by atoms with Crippen LogP contribution in [0.5, 0.6) is 5.75 Å². The summed E-state index contributed by atoms with van der Waals surface area (Å²) in [6, 6.07) is 25.8. The van der Waals surface area contributed by atoms with E-state index in [9.17, 15) is 4.79 Å². The molecule has 4 aromatic rings. The molecule has 0 unspecified atom stereocenters. The zero-order valence-corrected chi connectivity index (χ0v) is 17.9. The van der Waals surface area contributed by atoms with Crippen molar-refractivity contribution < 1.29 is 9.53 Å². The number of amides is 1. The highest BCUT2D eigenvalue weighted by molar-refractivity contribution is 5.98. The van der Waals surface area contributed by atoms with Crippen LogP contribution in [0, 0.1) is 0 Å². The Hall–Kier alpha value is -3.93. The van der Waals surface area contributed by atoms with Crippen molar-refractivity contribution in [3.8, 4) is 5.75 Å². The topological polar surface area (TPSA) is 58.6 Å². The van der Waals surface area contributed by atoms with Gasteiger partial charge in [-0.3, -0.25) is 9.69 Å². The molecule has 1 amide bonds. The Morgan fingerprint density at radius 2 is 1.50 bits per heavy atom. The number of hydrogen-bond acceptors (Lipinski definition) is 5. The first-order valence-corrected chi connectivity index (χ1v) is 10.7. The van der Waals surface area contributed by atoms with Gasteiger partial charge >= 0.3 is 0 Å². The Balaban J connectivity index is 1.36. The predicted octanol–water partition coefficient (Wildman–Crippen LogP) is 4.08. The van der Waals surface area contributed by atoms with Gasteiger partial charge in [0.1, 0.15) is 5.75 Å². The van der Waals surface area contributed by atoms with Crippen LogP contribution in [-0.2, 0) is 11.2 Å². The van der Waals surface area contributed by atoms with E-state index in [2.05, 4.69) is 12.1 Å². The first kappa shape index (κ1) is 20.0. The van der Waals surface area contributed by atoms with Crippen LogP contribution in [0.15, 0.2) is 78.9 Å². The van der Waals surface area contributed by atoms with Crippen molar-refractivity contribution in [2.24, 2.45) is 0 Å². The fourth-order valence-electron chi connectivity index (χ4n) is 3.95. The Morgan fingerprint density at radius 1 is 0.844 bits per heavy atom. The fraction of sp³-hybridized carbons (Fsp3) is 0.192. The molecule has 3 aromatic carbocycles. The second-order valence-corrected chi connectivity index (χ2v) is 7.89. The average Bonchev–Trinajstić information content (AvgIpc) is 2.83. The normalized spacial score (nSPS) is 13.2. The number of likely N-dealkylation sites (N-methyl/N-ethyl adjacent to an activating group) is 1. The zero-order chi connectivity index (χ0) is 21.9. The number of nitrogens with zero attached hydrogens (tertiary/aromatic N) is 4. The van der Waals surface area contributed by atoms with Crippen LogP contribution in [0.3, 0.4) is 0 Å². The number of carbonyl (C=O) groups is 1. The standard InChI is InChI=1S/C26H24N4O2/c1-29-15-16-30(26-25(29)27-21-12-6-7-13-22(21)28-26)24(31)18-32-23-14-8-5-11-20(23)17-19-9-3-2-4-10-19/h2-14H,15-18H2,1H3. The summed E-state index contributed by atoms with van der Waals surface area (Å²) in [7, 11) is 1.97. The Bertz CT molecular complexity index is 1260. The quantitative estimate of drug-likeness (QED) is 0.483. The highest BCUT2D eigenvalue weighted by Crippen LogP contribution is 2.31. The van der Waals surface area contributed by atoms with Gasteiger partial charge in [0.2, 0.25) is 0 Å². The molecule has 2 heterocycles. The lowest BCUT2D eigenvalue weighted by molar-refractivity contribution is -0.120. The highest BCUT2D eigenvalue weighted by Gasteiger charge is 2.28. The molecule has 0 bridgehead atoms. The number of hydrogen-bond donors (Lipinski definition) is 0. The van der Waals surface area contributed by atoms with E-state index in [-0.39, 0.29) is 12.5 Å². The molecule has 32 heavy (non-hydrogen) atoms. The molecule has 0 spiro atoms. The summed E-state index contributed by atoms with van der Waals surface area (Å²) in [5.74, 6) is 1.90. The molecular formula is C26H24N4O2. The third-order valence-corrected chi connectivity index (χ3v) is 5.67. The molecular weight excluding hydrogens is 400 g/mol. The van der Waals surface area contributed by atoms with Crippen LogP contribution in [-0.4, -0.2) is 42.6 Å². The maximum absolute atomic E-state index is 13.2. The lowest BCUT2D eigenvalue weighted by Crippen LogP contribution is -2.45. The molecule has 1 aliphatic rings. The monoisotopic (exact) mass is 424 g/mol. The Kier molecular flexibility index (Phi) is 5.42. The highest BCUT2D eigenvalue weighted by atomic mass is 16.5. The van der Waals surface area contributed by atoms with Crippen LogP contribution in [0.1, 0.15) is 11.1 Å². The third kappa shape index (κ3) is 3.99. The van der Waals surface area contributed by atoms with Gasteiger partial charge in [0.25, 0.3) is 5.91 Å². The zero-order valence-electron chi connectivity index (χ0n) is 17.9. The summed E-state index contributed by atoms with van der Waals surface area (Å²) in [6.45, 7) is 1.18. The summed E-state index contributed by atoms with van der Waals surface area (Å²) in [5.41, 5.74) is 3.84. The van der Waals surface area contributed by atoms with Gasteiger partial charge in [-0.2, -0.15) is 0 Å². The van der Waals surface area contributed by atoms with Gasteiger partial charge in [0.15, 0.2) is 18.2 Å². The molecule has 0 N–H and O–H groups in total. The maximum atomic E-state index is 13.2. The van der Waals surface area contributed by atoms with Crippen LogP contribution in [0.25, 0.3) is 11.0 Å². The molecule has 1 aliphatic heterocycles. The fourth-order valence-corrected chi connectivity index (χ4v) is 3.95. The number of benzene rings is 3. The Morgan fingerprint density at radius 3 is 2.28 bits per heavy atom. The van der Waals surface area contributed by atoms with Gasteiger partial charge in [-0.15, -0.1) is 0 Å². The summed E-state index contributed by atoms with van der Waals surface area (Å²) < 4.78 is 6.00. The summed E-state index contributed by atoms with van der Waals surface area (Å²) in [5, 5.41) is 0. The Labute approximate surface area is 187 Å².